The number of sulfone groups is 1. The van der Waals surface area contributed by atoms with Crippen molar-refractivity contribution in [1.29, 1.82) is 0 Å². The molecule has 1 N–H and O–H groups in total. The van der Waals surface area contributed by atoms with Crippen molar-refractivity contribution in [2.45, 2.75) is 23.8 Å². The maximum atomic E-state index is 11.7. The number of para-hydroxylation sites is 1. The van der Waals surface area contributed by atoms with E-state index < -0.39 is 15.4 Å². The van der Waals surface area contributed by atoms with Crippen molar-refractivity contribution in [1.82, 2.24) is 0 Å². The van der Waals surface area contributed by atoms with Crippen LogP contribution in [-0.2, 0) is 9.84 Å². The summed E-state index contributed by atoms with van der Waals surface area (Å²) in [7, 11) is -3.28. The van der Waals surface area contributed by atoms with E-state index in [0.717, 1.165) is 0 Å². The minimum absolute atomic E-state index is 0.262. The molecule has 0 aliphatic rings. The third-order valence-corrected chi connectivity index (χ3v) is 5.05. The number of anilines is 1. The van der Waals surface area contributed by atoms with Crippen LogP contribution < -0.4 is 5.32 Å². The lowest BCUT2D eigenvalue weighted by Gasteiger charge is -2.31. The van der Waals surface area contributed by atoms with Gasteiger partial charge in [-0.3, -0.25) is 0 Å². The van der Waals surface area contributed by atoms with E-state index in [-0.39, 0.29) is 4.90 Å². The molecular formula is C12H17Cl2NO2S. The molecule has 0 saturated heterocycles. The SMILES string of the molecule is CCC(CCl)(CCl)Nc1ccccc1S(C)(=O)=O. The van der Waals surface area contributed by atoms with Gasteiger partial charge in [0, 0.05) is 18.0 Å². The number of hydrogen-bond acceptors (Lipinski definition) is 3. The number of benzene rings is 1. The zero-order chi connectivity index (χ0) is 13.8. The van der Waals surface area contributed by atoms with E-state index in [2.05, 4.69) is 5.32 Å². The van der Waals surface area contributed by atoms with E-state index in [1.807, 2.05) is 6.92 Å². The Bertz CT molecular complexity index is 490. The fourth-order valence-electron chi connectivity index (χ4n) is 1.56. The van der Waals surface area contributed by atoms with Crippen molar-refractivity contribution in [3.63, 3.8) is 0 Å². The highest BCUT2D eigenvalue weighted by molar-refractivity contribution is 7.90. The average Bonchev–Trinajstić information content (AvgIpc) is 2.35. The summed E-state index contributed by atoms with van der Waals surface area (Å²) in [6.45, 7) is 1.96. The number of halogens is 2. The molecule has 3 nitrogen and oxygen atoms in total. The molecule has 0 aliphatic carbocycles. The first kappa shape index (κ1) is 15.6. The zero-order valence-corrected chi connectivity index (χ0v) is 12.7. The molecule has 0 radical (unpaired) electrons. The number of alkyl halides is 2. The van der Waals surface area contributed by atoms with Crippen LogP contribution in [0.3, 0.4) is 0 Å². The normalized spacial score (nSPS) is 12.4. The molecule has 0 amide bonds. The van der Waals surface area contributed by atoms with Gasteiger partial charge in [0.15, 0.2) is 9.84 Å². The van der Waals surface area contributed by atoms with Gasteiger partial charge in [0.05, 0.1) is 16.1 Å². The Balaban J connectivity index is 3.19. The average molecular weight is 310 g/mol. The Hall–Kier alpha value is -0.450. The number of hydrogen-bond donors (Lipinski definition) is 1. The Morgan fingerprint density at radius 1 is 1.22 bits per heavy atom. The van der Waals surface area contributed by atoms with E-state index in [4.69, 9.17) is 23.2 Å². The van der Waals surface area contributed by atoms with Crippen molar-refractivity contribution in [3.8, 4) is 0 Å². The van der Waals surface area contributed by atoms with Crippen LogP contribution in [0.5, 0.6) is 0 Å². The molecule has 0 fully saturated rings. The van der Waals surface area contributed by atoms with E-state index in [9.17, 15) is 8.42 Å². The van der Waals surface area contributed by atoms with Crippen LogP contribution in [0.2, 0.25) is 0 Å². The summed E-state index contributed by atoms with van der Waals surface area (Å²) in [6, 6.07) is 6.76. The Morgan fingerprint density at radius 3 is 2.22 bits per heavy atom. The van der Waals surface area contributed by atoms with Crippen LogP contribution in [0.15, 0.2) is 29.2 Å². The van der Waals surface area contributed by atoms with Crippen molar-refractivity contribution < 1.29 is 8.42 Å². The van der Waals surface area contributed by atoms with Crippen LogP contribution in [0.1, 0.15) is 13.3 Å². The minimum Gasteiger partial charge on any atom is -0.376 e. The maximum absolute atomic E-state index is 11.7. The lowest BCUT2D eigenvalue weighted by molar-refractivity contribution is 0.558. The van der Waals surface area contributed by atoms with Crippen LogP contribution in [-0.4, -0.2) is 32.0 Å². The monoisotopic (exact) mass is 309 g/mol. The Morgan fingerprint density at radius 2 is 1.78 bits per heavy atom. The highest BCUT2D eigenvalue weighted by Crippen LogP contribution is 2.27. The highest BCUT2D eigenvalue weighted by atomic mass is 35.5. The van der Waals surface area contributed by atoms with Gasteiger partial charge in [-0.15, -0.1) is 23.2 Å². The van der Waals surface area contributed by atoms with E-state index >= 15 is 0 Å². The fraction of sp³-hybridized carbons (Fsp3) is 0.500. The van der Waals surface area contributed by atoms with Crippen molar-refractivity contribution in [2.75, 3.05) is 23.3 Å². The van der Waals surface area contributed by atoms with Gasteiger partial charge in [-0.2, -0.15) is 0 Å². The summed E-state index contributed by atoms with van der Waals surface area (Å²) < 4.78 is 23.4. The molecule has 1 aromatic carbocycles. The minimum atomic E-state index is -3.28. The van der Waals surface area contributed by atoms with Crippen molar-refractivity contribution in [3.05, 3.63) is 24.3 Å². The van der Waals surface area contributed by atoms with Gasteiger partial charge in [0.25, 0.3) is 0 Å². The number of rotatable bonds is 6. The molecule has 0 saturated carbocycles. The summed E-state index contributed by atoms with van der Waals surface area (Å²) >= 11 is 11.9. The van der Waals surface area contributed by atoms with Gasteiger partial charge in [-0.25, -0.2) is 8.42 Å². The summed E-state index contributed by atoms with van der Waals surface area (Å²) in [6.07, 6.45) is 1.89. The third kappa shape index (κ3) is 3.53. The molecule has 1 rings (SSSR count). The third-order valence-electron chi connectivity index (χ3n) is 2.87. The molecule has 0 atom stereocenters. The molecule has 6 heteroatoms. The standard InChI is InChI=1S/C12H17Cl2NO2S/c1-3-12(8-13,9-14)15-10-6-4-5-7-11(10)18(2,16)17/h4-7,15H,3,8-9H2,1-2H3. The second kappa shape index (κ2) is 6.13. The molecule has 0 heterocycles. The molecule has 0 aromatic heterocycles. The smallest absolute Gasteiger partial charge is 0.177 e. The van der Waals surface area contributed by atoms with Gasteiger partial charge in [0.2, 0.25) is 0 Å². The Kier molecular flexibility index (Phi) is 5.32. The first-order valence-corrected chi connectivity index (χ1v) is 8.54. The quantitative estimate of drug-likeness (QED) is 0.821. The molecule has 0 bridgehead atoms. The lowest BCUT2D eigenvalue weighted by Crippen LogP contribution is -2.42. The molecule has 102 valence electrons. The number of nitrogens with one attached hydrogen (secondary N) is 1. The fourth-order valence-corrected chi connectivity index (χ4v) is 3.20. The lowest BCUT2D eigenvalue weighted by atomic mass is 10.0. The molecule has 0 unspecified atom stereocenters. The largest absolute Gasteiger partial charge is 0.376 e. The van der Waals surface area contributed by atoms with Crippen LogP contribution in [0.4, 0.5) is 5.69 Å². The highest BCUT2D eigenvalue weighted by Gasteiger charge is 2.27. The topological polar surface area (TPSA) is 46.2 Å². The molecular weight excluding hydrogens is 293 g/mol. The second-order valence-corrected chi connectivity index (χ2v) is 6.81. The van der Waals surface area contributed by atoms with E-state index in [1.54, 1.807) is 24.3 Å². The summed E-state index contributed by atoms with van der Waals surface area (Å²) in [5, 5.41) is 3.17. The van der Waals surface area contributed by atoms with Crippen LogP contribution in [0.25, 0.3) is 0 Å². The van der Waals surface area contributed by atoms with Crippen molar-refractivity contribution in [2.24, 2.45) is 0 Å². The van der Waals surface area contributed by atoms with Gasteiger partial charge >= 0.3 is 0 Å². The Labute approximate surface area is 118 Å². The van der Waals surface area contributed by atoms with Crippen LogP contribution in [0, 0.1) is 0 Å². The first-order chi connectivity index (χ1) is 8.38. The van der Waals surface area contributed by atoms with Gasteiger partial charge in [-0.05, 0) is 18.6 Å². The van der Waals surface area contributed by atoms with Crippen molar-refractivity contribution >= 4 is 38.7 Å². The molecule has 1 aromatic rings. The predicted molar refractivity (Wildman–Crippen MR) is 77.6 cm³/mol. The van der Waals surface area contributed by atoms with Crippen LogP contribution >= 0.6 is 23.2 Å². The summed E-state index contributed by atoms with van der Waals surface area (Å²) in [5.74, 6) is 0.621. The van der Waals surface area contributed by atoms with Gasteiger partial charge < -0.3 is 5.32 Å². The molecule has 18 heavy (non-hydrogen) atoms. The van der Waals surface area contributed by atoms with Gasteiger partial charge in [-0.1, -0.05) is 19.1 Å². The first-order valence-electron chi connectivity index (χ1n) is 5.58. The van der Waals surface area contributed by atoms with Gasteiger partial charge in [0.1, 0.15) is 0 Å². The second-order valence-electron chi connectivity index (χ2n) is 4.29. The van der Waals surface area contributed by atoms with E-state index in [1.165, 1.54) is 6.26 Å². The molecule has 0 spiro atoms. The molecule has 0 aliphatic heterocycles. The predicted octanol–water partition coefficient (Wildman–Crippen LogP) is 3.13. The van der Waals surface area contributed by atoms with E-state index in [0.29, 0.717) is 23.9 Å². The maximum Gasteiger partial charge on any atom is 0.177 e. The summed E-state index contributed by atoms with van der Waals surface area (Å²) in [4.78, 5) is 0.262. The zero-order valence-electron chi connectivity index (χ0n) is 10.4. The summed E-state index contributed by atoms with van der Waals surface area (Å²) in [5.41, 5.74) is 0.0485.